The molecule has 21 heavy (non-hydrogen) atoms. The van der Waals surface area contributed by atoms with Crippen molar-refractivity contribution in [2.75, 3.05) is 12.3 Å². The number of amides is 1. The number of hydrogen-bond donors (Lipinski definition) is 4. The predicted molar refractivity (Wildman–Crippen MR) is 72.1 cm³/mol. The lowest BCUT2D eigenvalue weighted by Gasteiger charge is -2.21. The molecule has 1 aliphatic heterocycles. The van der Waals surface area contributed by atoms with Crippen LogP contribution in [0.4, 0.5) is 5.82 Å². The van der Waals surface area contributed by atoms with E-state index in [-0.39, 0.29) is 18.1 Å². The molecule has 0 aromatic carbocycles. The normalized spacial score (nSPS) is 25.9. The maximum atomic E-state index is 11.1. The molecule has 118 valence electrons. The maximum absolute atomic E-state index is 11.1. The van der Waals surface area contributed by atoms with Crippen LogP contribution in [0.5, 0.6) is 0 Å². The Labute approximate surface area is 121 Å². The SMILES string of the molecule is CC1(C)O[C@H]([C@H](O)CO)[C@H](Cn2cnc(C(N)=O)c2N)O1. The quantitative estimate of drug-likeness (QED) is 0.514. The summed E-state index contributed by atoms with van der Waals surface area (Å²) in [6.45, 7) is 3.16. The Morgan fingerprint density at radius 3 is 2.76 bits per heavy atom. The first-order chi connectivity index (χ1) is 9.75. The highest BCUT2D eigenvalue weighted by Crippen LogP contribution is 2.31. The van der Waals surface area contributed by atoms with E-state index < -0.39 is 36.6 Å². The maximum Gasteiger partial charge on any atom is 0.271 e. The fraction of sp³-hybridized carbons (Fsp3) is 0.667. The van der Waals surface area contributed by atoms with E-state index in [1.807, 2.05) is 0 Å². The molecule has 2 heterocycles. The molecule has 6 N–H and O–H groups in total. The number of imidazole rings is 1. The van der Waals surface area contributed by atoms with E-state index in [9.17, 15) is 9.90 Å². The third-order valence-corrected chi connectivity index (χ3v) is 3.28. The van der Waals surface area contributed by atoms with E-state index in [2.05, 4.69) is 4.98 Å². The number of aliphatic hydroxyl groups is 2. The van der Waals surface area contributed by atoms with Crippen molar-refractivity contribution in [2.24, 2.45) is 5.73 Å². The number of aromatic nitrogens is 2. The average molecular weight is 300 g/mol. The Morgan fingerprint density at radius 1 is 1.57 bits per heavy atom. The summed E-state index contributed by atoms with van der Waals surface area (Å²) in [5.74, 6) is -1.50. The number of anilines is 1. The van der Waals surface area contributed by atoms with Gasteiger partial charge in [0.2, 0.25) is 0 Å². The second kappa shape index (κ2) is 5.60. The summed E-state index contributed by atoms with van der Waals surface area (Å²) in [6.07, 6.45) is -0.993. The van der Waals surface area contributed by atoms with Crippen LogP contribution in [-0.2, 0) is 16.0 Å². The Balaban J connectivity index is 2.19. The van der Waals surface area contributed by atoms with Crippen LogP contribution in [0.1, 0.15) is 24.3 Å². The monoisotopic (exact) mass is 300 g/mol. The lowest BCUT2D eigenvalue weighted by molar-refractivity contribution is -0.157. The Morgan fingerprint density at radius 2 is 2.24 bits per heavy atom. The van der Waals surface area contributed by atoms with Gasteiger partial charge in [0.1, 0.15) is 24.1 Å². The van der Waals surface area contributed by atoms with Gasteiger partial charge in [-0.05, 0) is 13.8 Å². The summed E-state index contributed by atoms with van der Waals surface area (Å²) in [4.78, 5) is 15.0. The van der Waals surface area contributed by atoms with Gasteiger partial charge in [0.05, 0.1) is 19.5 Å². The van der Waals surface area contributed by atoms with E-state index >= 15 is 0 Å². The summed E-state index contributed by atoms with van der Waals surface area (Å²) in [7, 11) is 0. The van der Waals surface area contributed by atoms with Gasteiger partial charge in [-0.1, -0.05) is 0 Å². The highest BCUT2D eigenvalue weighted by molar-refractivity contribution is 5.95. The van der Waals surface area contributed by atoms with E-state index in [4.69, 9.17) is 26.0 Å². The van der Waals surface area contributed by atoms with Crippen LogP contribution in [0.2, 0.25) is 0 Å². The van der Waals surface area contributed by atoms with Gasteiger partial charge in [0.25, 0.3) is 5.91 Å². The van der Waals surface area contributed by atoms with Crippen LogP contribution in [0.3, 0.4) is 0 Å². The van der Waals surface area contributed by atoms with E-state index in [1.54, 1.807) is 13.8 Å². The number of carbonyl (C=O) groups is 1. The number of aliphatic hydroxyl groups excluding tert-OH is 2. The highest BCUT2D eigenvalue weighted by Gasteiger charge is 2.44. The molecule has 0 aliphatic carbocycles. The molecule has 0 bridgehead atoms. The number of nitrogens with zero attached hydrogens (tertiary/aromatic N) is 2. The second-order valence-corrected chi connectivity index (χ2v) is 5.38. The van der Waals surface area contributed by atoms with Crippen molar-refractivity contribution >= 4 is 11.7 Å². The highest BCUT2D eigenvalue weighted by atomic mass is 16.8. The lowest BCUT2D eigenvalue weighted by atomic mass is 10.1. The Hall–Kier alpha value is -1.68. The number of carbonyl (C=O) groups excluding carboxylic acids is 1. The van der Waals surface area contributed by atoms with Crippen molar-refractivity contribution < 1.29 is 24.5 Å². The zero-order valence-corrected chi connectivity index (χ0v) is 11.9. The molecule has 9 heteroatoms. The topological polar surface area (TPSA) is 146 Å². The molecule has 1 saturated heterocycles. The zero-order chi connectivity index (χ0) is 15.8. The minimum atomic E-state index is -1.09. The van der Waals surface area contributed by atoms with Gasteiger partial charge in [-0.3, -0.25) is 4.79 Å². The summed E-state index contributed by atoms with van der Waals surface area (Å²) in [5.41, 5.74) is 10.9. The number of ether oxygens (including phenoxy) is 2. The molecule has 3 atom stereocenters. The number of rotatable bonds is 5. The van der Waals surface area contributed by atoms with Gasteiger partial charge in [-0.15, -0.1) is 0 Å². The van der Waals surface area contributed by atoms with Crippen molar-refractivity contribution in [3.05, 3.63) is 12.0 Å². The zero-order valence-electron chi connectivity index (χ0n) is 11.9. The first-order valence-electron chi connectivity index (χ1n) is 6.50. The molecule has 1 amide bonds. The molecular formula is C12H20N4O5. The standard InChI is InChI=1S/C12H20N4O5/c1-12(2)20-7(9(21-12)6(18)4-17)3-16-5-15-8(10(16)13)11(14)19/h5-7,9,17-18H,3-4,13H2,1-2H3,(H2,14,19)/t6-,7+,9-/m1/s1. The molecule has 1 fully saturated rings. The Bertz CT molecular complexity index is 530. The van der Waals surface area contributed by atoms with Crippen molar-refractivity contribution in [1.29, 1.82) is 0 Å². The van der Waals surface area contributed by atoms with Gasteiger partial charge in [-0.25, -0.2) is 4.98 Å². The van der Waals surface area contributed by atoms with Gasteiger partial charge >= 0.3 is 0 Å². The summed E-state index contributed by atoms with van der Waals surface area (Å²) < 4.78 is 12.8. The van der Waals surface area contributed by atoms with Crippen molar-refractivity contribution in [2.45, 2.75) is 44.5 Å². The summed E-state index contributed by atoms with van der Waals surface area (Å²) in [5, 5.41) is 18.9. The van der Waals surface area contributed by atoms with Gasteiger partial charge < -0.3 is 35.7 Å². The minimum Gasteiger partial charge on any atom is -0.394 e. The molecule has 1 aliphatic rings. The number of nitrogens with two attached hydrogens (primary N) is 2. The van der Waals surface area contributed by atoms with Crippen molar-refractivity contribution in [3.63, 3.8) is 0 Å². The summed E-state index contributed by atoms with van der Waals surface area (Å²) >= 11 is 0. The molecule has 0 unspecified atom stereocenters. The molecule has 0 radical (unpaired) electrons. The first-order valence-corrected chi connectivity index (χ1v) is 6.50. The van der Waals surface area contributed by atoms with Crippen LogP contribution < -0.4 is 11.5 Å². The molecule has 1 aromatic rings. The van der Waals surface area contributed by atoms with E-state index in [1.165, 1.54) is 10.9 Å². The molecule has 2 rings (SSSR count). The van der Waals surface area contributed by atoms with Gasteiger partial charge in [0.15, 0.2) is 11.5 Å². The molecule has 1 aromatic heterocycles. The largest absolute Gasteiger partial charge is 0.394 e. The fourth-order valence-electron chi connectivity index (χ4n) is 2.36. The third-order valence-electron chi connectivity index (χ3n) is 3.28. The number of hydrogen-bond acceptors (Lipinski definition) is 7. The smallest absolute Gasteiger partial charge is 0.271 e. The summed E-state index contributed by atoms with van der Waals surface area (Å²) in [6, 6.07) is 0. The fourth-order valence-corrected chi connectivity index (χ4v) is 2.36. The number of primary amides is 1. The average Bonchev–Trinajstić information content (AvgIpc) is 2.90. The molecule has 9 nitrogen and oxygen atoms in total. The van der Waals surface area contributed by atoms with Crippen LogP contribution in [-0.4, -0.2) is 56.4 Å². The predicted octanol–water partition coefficient (Wildman–Crippen LogP) is -1.56. The minimum absolute atomic E-state index is 0.0209. The third kappa shape index (κ3) is 3.16. The van der Waals surface area contributed by atoms with Crippen LogP contribution in [0, 0.1) is 0 Å². The van der Waals surface area contributed by atoms with Crippen molar-refractivity contribution in [1.82, 2.24) is 9.55 Å². The van der Waals surface area contributed by atoms with E-state index in [0.717, 1.165) is 0 Å². The number of nitrogen functional groups attached to an aromatic ring is 1. The van der Waals surface area contributed by atoms with Crippen LogP contribution >= 0.6 is 0 Å². The second-order valence-electron chi connectivity index (χ2n) is 5.38. The lowest BCUT2D eigenvalue weighted by Crippen LogP contribution is -2.39. The van der Waals surface area contributed by atoms with Crippen LogP contribution in [0.15, 0.2) is 6.33 Å². The van der Waals surface area contributed by atoms with Gasteiger partial charge in [0, 0.05) is 0 Å². The van der Waals surface area contributed by atoms with Gasteiger partial charge in [-0.2, -0.15) is 0 Å². The van der Waals surface area contributed by atoms with Crippen molar-refractivity contribution in [3.8, 4) is 0 Å². The first kappa shape index (κ1) is 15.7. The Kier molecular flexibility index (Phi) is 4.19. The molecule has 0 saturated carbocycles. The van der Waals surface area contributed by atoms with Crippen LogP contribution in [0.25, 0.3) is 0 Å². The molecular weight excluding hydrogens is 280 g/mol. The van der Waals surface area contributed by atoms with E-state index in [0.29, 0.717) is 0 Å². The molecule has 0 spiro atoms.